The van der Waals surface area contributed by atoms with E-state index in [-0.39, 0.29) is 0 Å². The van der Waals surface area contributed by atoms with Gasteiger partial charge in [0.25, 0.3) is 0 Å². The third kappa shape index (κ3) is 3.30. The van der Waals surface area contributed by atoms with Crippen LogP contribution < -0.4 is 5.73 Å². The van der Waals surface area contributed by atoms with Crippen molar-refractivity contribution < 1.29 is 0 Å². The van der Waals surface area contributed by atoms with E-state index in [9.17, 15) is 0 Å². The first-order valence-corrected chi connectivity index (χ1v) is 7.93. The van der Waals surface area contributed by atoms with Gasteiger partial charge in [0.2, 0.25) is 0 Å². The highest BCUT2D eigenvalue weighted by atomic mass is 32.2. The van der Waals surface area contributed by atoms with Crippen LogP contribution in [-0.2, 0) is 0 Å². The Morgan fingerprint density at radius 2 is 1.94 bits per heavy atom. The van der Waals surface area contributed by atoms with E-state index < -0.39 is 0 Å². The zero-order valence-electron chi connectivity index (χ0n) is 11.7. The third-order valence-electron chi connectivity index (χ3n) is 4.20. The summed E-state index contributed by atoms with van der Waals surface area (Å²) in [4.78, 5) is 1.40. The molecule has 18 heavy (non-hydrogen) atoms. The molecule has 3 atom stereocenters. The number of benzene rings is 1. The van der Waals surface area contributed by atoms with Crippen molar-refractivity contribution in [2.75, 3.05) is 0 Å². The predicted molar refractivity (Wildman–Crippen MR) is 81.0 cm³/mol. The van der Waals surface area contributed by atoms with Gasteiger partial charge in [0, 0.05) is 16.2 Å². The van der Waals surface area contributed by atoms with Gasteiger partial charge in [-0.3, -0.25) is 0 Å². The molecule has 1 aliphatic rings. The summed E-state index contributed by atoms with van der Waals surface area (Å²) in [5.74, 6) is 1.64. The van der Waals surface area contributed by atoms with Gasteiger partial charge in [-0.2, -0.15) is 0 Å². The maximum Gasteiger partial charge on any atom is 0.0249 e. The fraction of sp³-hybridized carbons (Fsp3) is 0.625. The lowest BCUT2D eigenvalue weighted by atomic mass is 9.79. The van der Waals surface area contributed by atoms with Crippen molar-refractivity contribution in [1.29, 1.82) is 0 Å². The maximum atomic E-state index is 6.32. The van der Waals surface area contributed by atoms with Crippen molar-refractivity contribution in [2.24, 2.45) is 17.6 Å². The second-order valence-electron chi connectivity index (χ2n) is 5.90. The van der Waals surface area contributed by atoms with Crippen LogP contribution in [0.15, 0.2) is 29.2 Å². The van der Waals surface area contributed by atoms with E-state index >= 15 is 0 Å². The molecule has 3 unspecified atom stereocenters. The largest absolute Gasteiger partial charge is 0.327 e. The minimum Gasteiger partial charge on any atom is -0.327 e. The average molecular weight is 263 g/mol. The van der Waals surface area contributed by atoms with E-state index in [0.717, 1.165) is 11.8 Å². The fourth-order valence-electron chi connectivity index (χ4n) is 2.78. The van der Waals surface area contributed by atoms with E-state index in [1.165, 1.54) is 29.7 Å². The van der Waals surface area contributed by atoms with Crippen LogP contribution >= 0.6 is 11.8 Å². The number of hydrogen-bond donors (Lipinski definition) is 1. The predicted octanol–water partition coefficient (Wildman–Crippen LogP) is 4.24. The normalized spacial score (nSPS) is 28.6. The minimum atomic E-state index is 0.365. The third-order valence-corrected chi connectivity index (χ3v) is 5.75. The van der Waals surface area contributed by atoms with Gasteiger partial charge >= 0.3 is 0 Å². The summed E-state index contributed by atoms with van der Waals surface area (Å²) in [5, 5.41) is 0.590. The molecule has 2 N–H and O–H groups in total. The molecular formula is C16H25NS. The van der Waals surface area contributed by atoms with Gasteiger partial charge in [0.05, 0.1) is 0 Å². The first-order valence-electron chi connectivity index (χ1n) is 7.05. The highest BCUT2D eigenvalue weighted by molar-refractivity contribution is 8.00. The second kappa shape index (κ2) is 6.12. The van der Waals surface area contributed by atoms with E-state index in [0.29, 0.717) is 11.3 Å². The van der Waals surface area contributed by atoms with Crippen molar-refractivity contribution >= 4 is 11.8 Å². The number of nitrogens with two attached hydrogens (primary N) is 1. The van der Waals surface area contributed by atoms with E-state index in [1.54, 1.807) is 0 Å². The molecule has 0 radical (unpaired) electrons. The Morgan fingerprint density at radius 3 is 2.61 bits per heavy atom. The van der Waals surface area contributed by atoms with Gasteiger partial charge in [-0.1, -0.05) is 32.0 Å². The molecule has 0 spiro atoms. The molecule has 1 nitrogen and oxygen atoms in total. The maximum absolute atomic E-state index is 6.32. The molecule has 1 aliphatic carbocycles. The molecule has 1 saturated carbocycles. The summed E-state index contributed by atoms with van der Waals surface area (Å²) in [6.45, 7) is 6.88. The topological polar surface area (TPSA) is 26.0 Å². The molecule has 100 valence electrons. The summed E-state index contributed by atoms with van der Waals surface area (Å²) in [7, 11) is 0. The van der Waals surface area contributed by atoms with Crippen LogP contribution in [0.3, 0.4) is 0 Å². The molecule has 2 rings (SSSR count). The lowest BCUT2D eigenvalue weighted by Gasteiger charge is -2.35. The monoisotopic (exact) mass is 263 g/mol. The van der Waals surface area contributed by atoms with Crippen LogP contribution in [0.25, 0.3) is 0 Å². The number of hydrogen-bond acceptors (Lipinski definition) is 2. The van der Waals surface area contributed by atoms with Crippen LogP contribution in [0.2, 0.25) is 0 Å². The molecule has 1 aromatic rings. The van der Waals surface area contributed by atoms with Gasteiger partial charge in [-0.25, -0.2) is 0 Å². The Balaban J connectivity index is 2.05. The van der Waals surface area contributed by atoms with Gasteiger partial charge < -0.3 is 5.73 Å². The zero-order chi connectivity index (χ0) is 13.1. The molecular weight excluding hydrogens is 238 g/mol. The van der Waals surface area contributed by atoms with Gasteiger partial charge in [-0.15, -0.1) is 11.8 Å². The highest BCUT2D eigenvalue weighted by Gasteiger charge is 2.30. The molecule has 1 aromatic carbocycles. The second-order valence-corrected chi connectivity index (χ2v) is 7.18. The number of rotatable bonds is 3. The molecule has 0 heterocycles. The van der Waals surface area contributed by atoms with Crippen LogP contribution in [0.4, 0.5) is 0 Å². The standard InChI is InChI=1S/C16H25NS/c1-11(2)13-8-9-14(17)16(10-13)18-15-7-5-4-6-12(15)3/h4-7,11,13-14,16H,8-10,17H2,1-3H3. The molecule has 0 saturated heterocycles. The van der Waals surface area contributed by atoms with Crippen molar-refractivity contribution in [3.63, 3.8) is 0 Å². The first kappa shape index (κ1) is 14.0. The smallest absolute Gasteiger partial charge is 0.0249 e. The van der Waals surface area contributed by atoms with Gasteiger partial charge in [-0.05, 0) is 49.7 Å². The molecule has 0 aromatic heterocycles. The van der Waals surface area contributed by atoms with Crippen LogP contribution in [0.1, 0.15) is 38.7 Å². The first-order chi connectivity index (χ1) is 8.58. The fourth-order valence-corrected chi connectivity index (χ4v) is 4.17. The molecule has 0 amide bonds. The summed E-state index contributed by atoms with van der Waals surface area (Å²) in [6, 6.07) is 9.02. The lowest BCUT2D eigenvalue weighted by molar-refractivity contribution is 0.266. The molecule has 0 aliphatic heterocycles. The molecule has 1 fully saturated rings. The Bertz CT molecular complexity index is 388. The van der Waals surface area contributed by atoms with Gasteiger partial charge in [0.1, 0.15) is 0 Å². The van der Waals surface area contributed by atoms with Crippen LogP contribution in [0, 0.1) is 18.8 Å². The summed E-state index contributed by atoms with van der Waals surface area (Å²) < 4.78 is 0. The summed E-state index contributed by atoms with van der Waals surface area (Å²) >= 11 is 2.00. The summed E-state index contributed by atoms with van der Waals surface area (Å²) in [6.07, 6.45) is 3.77. The summed E-state index contributed by atoms with van der Waals surface area (Å²) in [5.41, 5.74) is 7.69. The van der Waals surface area contributed by atoms with Crippen LogP contribution in [0.5, 0.6) is 0 Å². The molecule has 2 heteroatoms. The van der Waals surface area contributed by atoms with Crippen molar-refractivity contribution in [2.45, 2.75) is 56.2 Å². The van der Waals surface area contributed by atoms with Crippen molar-refractivity contribution in [1.82, 2.24) is 0 Å². The van der Waals surface area contributed by atoms with Crippen LogP contribution in [-0.4, -0.2) is 11.3 Å². The van der Waals surface area contributed by atoms with Crippen molar-refractivity contribution in [3.05, 3.63) is 29.8 Å². The van der Waals surface area contributed by atoms with Gasteiger partial charge in [0.15, 0.2) is 0 Å². The average Bonchev–Trinajstić information content (AvgIpc) is 2.34. The minimum absolute atomic E-state index is 0.365. The van der Waals surface area contributed by atoms with Crippen molar-refractivity contribution in [3.8, 4) is 0 Å². The Labute approximate surface area is 116 Å². The molecule has 0 bridgehead atoms. The Hall–Kier alpha value is -0.470. The van der Waals surface area contributed by atoms with E-state index in [1.807, 2.05) is 11.8 Å². The van der Waals surface area contributed by atoms with E-state index in [4.69, 9.17) is 5.73 Å². The highest BCUT2D eigenvalue weighted by Crippen LogP contribution is 2.39. The van der Waals surface area contributed by atoms with E-state index in [2.05, 4.69) is 45.0 Å². The Morgan fingerprint density at radius 1 is 1.22 bits per heavy atom. The number of aryl methyl sites for hydroxylation is 1. The zero-order valence-corrected chi connectivity index (χ0v) is 12.5. The SMILES string of the molecule is Cc1ccccc1SC1CC(C(C)C)CCC1N. The lowest BCUT2D eigenvalue weighted by Crippen LogP contribution is -2.39. The quantitative estimate of drug-likeness (QED) is 0.882. The number of thioether (sulfide) groups is 1. The Kier molecular flexibility index (Phi) is 4.74.